The summed E-state index contributed by atoms with van der Waals surface area (Å²) in [4.78, 5) is 32.2. The molecule has 6 nitrogen and oxygen atoms in total. The number of urea groups is 1. The molecule has 0 bridgehead atoms. The van der Waals surface area contributed by atoms with Crippen LogP contribution in [0.4, 0.5) is 43.8 Å². The molecule has 0 N–H and O–H groups in total. The van der Waals surface area contributed by atoms with Gasteiger partial charge in [-0.3, -0.25) is 9.69 Å². The molecule has 1 heterocycles. The summed E-state index contributed by atoms with van der Waals surface area (Å²) in [5, 5.41) is 0. The number of hydrogen-bond donors (Lipinski definition) is 0. The lowest BCUT2D eigenvalue weighted by molar-refractivity contribution is -0.119. The summed E-state index contributed by atoms with van der Waals surface area (Å²) in [6, 6.07) is 8.84. The van der Waals surface area contributed by atoms with Crippen molar-refractivity contribution in [3.63, 3.8) is 0 Å². The monoisotopic (exact) mass is 590 g/mol. The number of para-hydroxylation sites is 1. The van der Waals surface area contributed by atoms with Gasteiger partial charge in [-0.2, -0.15) is 0 Å². The number of carbonyl (C=O) groups excluding carboxylic acids is 2. The Balaban J connectivity index is 1.98. The first-order valence-corrected chi connectivity index (χ1v) is 11.6. The van der Waals surface area contributed by atoms with E-state index >= 15 is 0 Å². The van der Waals surface area contributed by atoms with E-state index in [-0.39, 0.29) is 17.1 Å². The number of halogens is 8. The van der Waals surface area contributed by atoms with Gasteiger partial charge in [-0.1, -0.05) is 46.9 Å². The third kappa shape index (κ3) is 5.13. The molecule has 0 saturated carbocycles. The summed E-state index contributed by atoms with van der Waals surface area (Å²) in [6.07, 6.45) is -1.89. The van der Waals surface area contributed by atoms with E-state index in [2.05, 4.69) is 4.99 Å². The van der Waals surface area contributed by atoms with E-state index in [4.69, 9.17) is 34.8 Å². The summed E-state index contributed by atoms with van der Waals surface area (Å²) in [7, 11) is 1.11. The highest BCUT2D eigenvalue weighted by molar-refractivity contribution is 6.68. The van der Waals surface area contributed by atoms with E-state index in [9.17, 15) is 31.5 Å². The van der Waals surface area contributed by atoms with Crippen molar-refractivity contribution in [2.24, 2.45) is 4.99 Å². The molecule has 14 heteroatoms. The second kappa shape index (κ2) is 10.4. The second-order valence-corrected chi connectivity index (χ2v) is 10.2. The van der Waals surface area contributed by atoms with Crippen LogP contribution < -0.4 is 9.80 Å². The number of amidine groups is 1. The van der Waals surface area contributed by atoms with E-state index in [1.165, 1.54) is 18.2 Å². The van der Waals surface area contributed by atoms with Crippen LogP contribution in [-0.2, 0) is 4.79 Å². The molecule has 198 valence electrons. The number of nitrogens with zero attached hydrogens (tertiary/aromatic N) is 4. The average Bonchev–Trinajstić information content (AvgIpc) is 3.06. The average molecular weight is 592 g/mol. The predicted octanol–water partition coefficient (Wildman–Crippen LogP) is 6.71. The highest BCUT2D eigenvalue weighted by Gasteiger charge is 2.46. The summed E-state index contributed by atoms with van der Waals surface area (Å²) in [6.45, 7) is 0. The van der Waals surface area contributed by atoms with Crippen LogP contribution in [-0.4, -0.2) is 39.7 Å². The number of alkyl halides is 3. The predicted molar refractivity (Wildman–Crippen MR) is 133 cm³/mol. The van der Waals surface area contributed by atoms with E-state index in [0.29, 0.717) is 21.9 Å². The third-order valence-electron chi connectivity index (χ3n) is 5.42. The molecule has 3 aromatic carbocycles. The molecule has 0 aromatic heterocycles. The number of rotatable bonds is 5. The largest absolute Gasteiger partial charge is 0.337 e. The second-order valence-electron chi connectivity index (χ2n) is 7.87. The number of carbonyl (C=O) groups is 2. The van der Waals surface area contributed by atoms with Crippen molar-refractivity contribution in [1.29, 1.82) is 0 Å². The van der Waals surface area contributed by atoms with Gasteiger partial charge in [0.25, 0.3) is 5.91 Å². The summed E-state index contributed by atoms with van der Waals surface area (Å²) in [5.74, 6) is -7.77. The van der Waals surface area contributed by atoms with Crippen LogP contribution in [0, 0.1) is 29.1 Å². The number of imide groups is 1. The maximum atomic E-state index is 14.6. The lowest BCUT2D eigenvalue weighted by Crippen LogP contribution is -2.43. The zero-order valence-corrected chi connectivity index (χ0v) is 21.2. The molecule has 1 aliphatic heterocycles. The first-order chi connectivity index (χ1) is 17.8. The van der Waals surface area contributed by atoms with Crippen molar-refractivity contribution in [1.82, 2.24) is 4.90 Å². The van der Waals surface area contributed by atoms with Crippen molar-refractivity contribution in [3.8, 4) is 0 Å². The highest BCUT2D eigenvalue weighted by Crippen LogP contribution is 2.42. The van der Waals surface area contributed by atoms with Gasteiger partial charge in [-0.15, -0.1) is 0 Å². The van der Waals surface area contributed by atoms with Crippen molar-refractivity contribution in [2.45, 2.75) is 9.96 Å². The van der Waals surface area contributed by atoms with Gasteiger partial charge in [0.2, 0.25) is 9.63 Å². The Hall–Kier alpha value is -3.41. The molecule has 0 radical (unpaired) electrons. The molecule has 1 fully saturated rings. The van der Waals surface area contributed by atoms with Crippen molar-refractivity contribution in [2.75, 3.05) is 16.8 Å². The first-order valence-electron chi connectivity index (χ1n) is 10.5. The minimum absolute atomic E-state index is 0.252. The Kier molecular flexibility index (Phi) is 7.55. The fourth-order valence-electron chi connectivity index (χ4n) is 3.63. The van der Waals surface area contributed by atoms with Crippen LogP contribution in [0.3, 0.4) is 0 Å². The zero-order chi connectivity index (χ0) is 27.9. The van der Waals surface area contributed by atoms with Gasteiger partial charge in [0.05, 0.1) is 5.69 Å². The molecular formula is C24H14Cl3F5N4O2. The normalized spacial score (nSPS) is 16.0. The smallest absolute Gasteiger partial charge is 0.315 e. The Morgan fingerprint density at radius 2 is 1.32 bits per heavy atom. The van der Waals surface area contributed by atoms with Gasteiger partial charge < -0.3 is 4.90 Å². The van der Waals surface area contributed by atoms with Gasteiger partial charge in [-0.05, 0) is 36.4 Å². The zero-order valence-electron chi connectivity index (χ0n) is 19.0. The number of likely N-dealkylation sites (N-methyl/N-ethyl adjacent to an activating group) is 1. The Morgan fingerprint density at radius 3 is 1.79 bits per heavy atom. The topological polar surface area (TPSA) is 56.2 Å². The van der Waals surface area contributed by atoms with Crippen LogP contribution in [0.2, 0.25) is 0 Å². The summed E-state index contributed by atoms with van der Waals surface area (Å²) in [5.41, 5.74) is -0.861. The van der Waals surface area contributed by atoms with Gasteiger partial charge in [0.1, 0.15) is 5.82 Å². The first kappa shape index (κ1) is 27.6. The number of anilines is 3. The Labute approximate surface area is 227 Å². The van der Waals surface area contributed by atoms with E-state index in [1.54, 1.807) is 0 Å². The lowest BCUT2D eigenvalue weighted by Gasteiger charge is -2.35. The quantitative estimate of drug-likeness (QED) is 0.188. The molecule has 0 aliphatic carbocycles. The van der Waals surface area contributed by atoms with Crippen LogP contribution in [0.5, 0.6) is 0 Å². The van der Waals surface area contributed by atoms with Crippen LogP contribution >= 0.6 is 34.8 Å². The van der Waals surface area contributed by atoms with E-state index in [0.717, 1.165) is 42.3 Å². The minimum Gasteiger partial charge on any atom is -0.315 e. The molecular weight excluding hydrogens is 578 g/mol. The molecule has 4 rings (SSSR count). The Morgan fingerprint density at radius 1 is 0.789 bits per heavy atom. The maximum absolute atomic E-state index is 14.6. The number of aliphatic imine (C=N–C) groups is 1. The Bertz CT molecular complexity index is 1420. The number of hydrogen-bond acceptors (Lipinski definition) is 4. The number of benzene rings is 3. The highest BCUT2D eigenvalue weighted by atomic mass is 35.6. The standard InChI is InChI=1S/C24H14Cl3F5N4O2/c1-34-21(37)20(36(23(34)38)19-5-3-2-4-16(19)30)33-22(24(25,26)27)35(12-6-8-14(28)17(31)10-12)13-7-9-15(29)18(32)11-13/h2-11,22H,1H3. The van der Waals surface area contributed by atoms with Crippen LogP contribution in [0.25, 0.3) is 0 Å². The van der Waals surface area contributed by atoms with Crippen molar-refractivity contribution in [3.05, 3.63) is 89.7 Å². The maximum Gasteiger partial charge on any atom is 0.337 e. The van der Waals surface area contributed by atoms with Crippen molar-refractivity contribution < 1.29 is 31.5 Å². The lowest BCUT2D eigenvalue weighted by atomic mass is 10.2. The van der Waals surface area contributed by atoms with Crippen molar-refractivity contribution >= 4 is 69.6 Å². The van der Waals surface area contributed by atoms with Gasteiger partial charge in [-0.25, -0.2) is 36.6 Å². The SMILES string of the molecule is CN1C(=O)C(=NC(N(c2ccc(F)c(F)c2)c2ccc(F)c(F)c2)C(Cl)(Cl)Cl)N(c2ccccc2F)C1=O. The minimum atomic E-state index is -2.51. The number of amides is 3. The fraction of sp³-hybridized carbons (Fsp3) is 0.125. The molecule has 1 unspecified atom stereocenters. The van der Waals surface area contributed by atoms with Crippen LogP contribution in [0.15, 0.2) is 65.7 Å². The summed E-state index contributed by atoms with van der Waals surface area (Å²) < 4.78 is 68.0. The van der Waals surface area contributed by atoms with Gasteiger partial charge in [0, 0.05) is 30.6 Å². The van der Waals surface area contributed by atoms with E-state index in [1.807, 2.05) is 0 Å². The molecule has 1 aliphatic rings. The molecule has 1 saturated heterocycles. The van der Waals surface area contributed by atoms with Gasteiger partial charge in [0.15, 0.2) is 29.4 Å². The molecule has 0 spiro atoms. The molecule has 3 amide bonds. The molecule has 1 atom stereocenters. The molecule has 3 aromatic rings. The fourth-order valence-corrected chi connectivity index (χ4v) is 4.07. The van der Waals surface area contributed by atoms with Crippen LogP contribution in [0.1, 0.15) is 0 Å². The van der Waals surface area contributed by atoms with E-state index < -0.39 is 56.8 Å². The molecule has 38 heavy (non-hydrogen) atoms. The summed E-state index contributed by atoms with van der Waals surface area (Å²) >= 11 is 18.6. The van der Waals surface area contributed by atoms with Gasteiger partial charge >= 0.3 is 6.03 Å². The third-order valence-corrected chi connectivity index (χ3v) is 6.01.